The maximum Gasteiger partial charge on any atom is 0.253 e. The quantitative estimate of drug-likeness (QED) is 0.417. The molecule has 8 nitrogen and oxygen atoms in total. The molecule has 0 bridgehead atoms. The second-order valence-electron chi connectivity index (χ2n) is 6.01. The molecule has 0 aliphatic heterocycles. The molecule has 1 heterocycles. The zero-order valence-electron chi connectivity index (χ0n) is 15.2. The van der Waals surface area contributed by atoms with E-state index >= 15 is 0 Å². The predicted octanol–water partition coefficient (Wildman–Crippen LogP) is 2.21. The number of hydrogen-bond donors (Lipinski definition) is 3. The summed E-state index contributed by atoms with van der Waals surface area (Å²) in [7, 11) is 0. The van der Waals surface area contributed by atoms with E-state index in [1.165, 1.54) is 11.0 Å². The molecular formula is C19H20N6O2S. The van der Waals surface area contributed by atoms with E-state index in [1.54, 1.807) is 24.3 Å². The van der Waals surface area contributed by atoms with E-state index in [-0.39, 0.29) is 23.6 Å². The number of rotatable bonds is 7. The molecule has 1 aromatic heterocycles. The average Bonchev–Trinajstić information content (AvgIpc) is 3.12. The van der Waals surface area contributed by atoms with Gasteiger partial charge in [0.1, 0.15) is 6.33 Å². The van der Waals surface area contributed by atoms with Crippen molar-refractivity contribution >= 4 is 29.3 Å². The molecular weight excluding hydrogens is 376 g/mol. The maximum absolute atomic E-state index is 12.7. The number of thioether (sulfide) groups is 1. The Morgan fingerprint density at radius 2 is 1.86 bits per heavy atom. The lowest BCUT2D eigenvalue weighted by Crippen LogP contribution is -2.28. The number of carbonyl (C=O) groups excluding carboxylic acids is 2. The van der Waals surface area contributed by atoms with Gasteiger partial charge < -0.3 is 16.5 Å². The van der Waals surface area contributed by atoms with Gasteiger partial charge in [-0.2, -0.15) is 0 Å². The minimum atomic E-state index is -0.274. The van der Waals surface area contributed by atoms with Gasteiger partial charge in [0.05, 0.1) is 23.0 Å². The molecule has 28 heavy (non-hydrogen) atoms. The molecule has 1 atom stereocenters. The number of amides is 2. The van der Waals surface area contributed by atoms with Crippen molar-refractivity contribution < 1.29 is 9.59 Å². The Labute approximate surface area is 166 Å². The van der Waals surface area contributed by atoms with Gasteiger partial charge in [0, 0.05) is 0 Å². The third-order valence-electron chi connectivity index (χ3n) is 3.97. The van der Waals surface area contributed by atoms with Crippen molar-refractivity contribution in [1.29, 1.82) is 0 Å². The van der Waals surface area contributed by atoms with Gasteiger partial charge >= 0.3 is 0 Å². The van der Waals surface area contributed by atoms with Crippen LogP contribution in [0.3, 0.4) is 0 Å². The Morgan fingerprint density at radius 1 is 1.14 bits per heavy atom. The van der Waals surface area contributed by atoms with Gasteiger partial charge in [-0.3, -0.25) is 9.59 Å². The Balaban J connectivity index is 1.64. The summed E-state index contributed by atoms with van der Waals surface area (Å²) in [6.07, 6.45) is 1.35. The summed E-state index contributed by atoms with van der Waals surface area (Å²) in [6.45, 7) is 1.91. The van der Waals surface area contributed by atoms with Crippen LogP contribution >= 0.6 is 11.8 Å². The van der Waals surface area contributed by atoms with Crippen LogP contribution < -0.4 is 16.5 Å². The highest BCUT2D eigenvalue weighted by molar-refractivity contribution is 7.99. The topological polar surface area (TPSA) is 115 Å². The SMILES string of the molecule is C[C@H](NC(=O)c1ccccc1NC(=O)CSc1nncn1N)c1ccccc1. The number of para-hydroxylation sites is 1. The van der Waals surface area contributed by atoms with Crippen molar-refractivity contribution in [3.05, 3.63) is 72.1 Å². The third kappa shape index (κ3) is 4.89. The van der Waals surface area contributed by atoms with Gasteiger partial charge in [-0.05, 0) is 24.6 Å². The number of nitrogens with zero attached hydrogens (tertiary/aromatic N) is 3. The minimum Gasteiger partial charge on any atom is -0.345 e. The predicted molar refractivity (Wildman–Crippen MR) is 108 cm³/mol. The molecule has 0 radical (unpaired) electrons. The number of anilines is 1. The highest BCUT2D eigenvalue weighted by Gasteiger charge is 2.16. The van der Waals surface area contributed by atoms with Gasteiger partial charge in [0.15, 0.2) is 0 Å². The molecule has 144 valence electrons. The first kappa shape index (κ1) is 19.4. The molecule has 3 rings (SSSR count). The molecule has 9 heteroatoms. The van der Waals surface area contributed by atoms with Crippen LogP contribution in [0.15, 0.2) is 66.1 Å². The summed E-state index contributed by atoms with van der Waals surface area (Å²) in [5.74, 6) is 5.18. The van der Waals surface area contributed by atoms with Crippen molar-refractivity contribution in [2.45, 2.75) is 18.1 Å². The normalized spacial score (nSPS) is 11.6. The molecule has 0 aliphatic carbocycles. The lowest BCUT2D eigenvalue weighted by molar-refractivity contribution is -0.113. The van der Waals surface area contributed by atoms with Crippen LogP contribution in [0.2, 0.25) is 0 Å². The molecule has 0 spiro atoms. The fraction of sp³-hybridized carbons (Fsp3) is 0.158. The minimum absolute atomic E-state index is 0.0895. The van der Waals surface area contributed by atoms with Crippen LogP contribution in [0.4, 0.5) is 5.69 Å². The van der Waals surface area contributed by atoms with Gasteiger partial charge in [0.25, 0.3) is 5.91 Å². The fourth-order valence-corrected chi connectivity index (χ4v) is 3.17. The van der Waals surface area contributed by atoms with Crippen LogP contribution in [0.25, 0.3) is 0 Å². The van der Waals surface area contributed by atoms with Crippen LogP contribution in [-0.4, -0.2) is 32.4 Å². The van der Waals surface area contributed by atoms with Crippen molar-refractivity contribution in [3.8, 4) is 0 Å². The second-order valence-corrected chi connectivity index (χ2v) is 6.95. The summed E-state index contributed by atoms with van der Waals surface area (Å²) in [4.78, 5) is 25.0. The monoisotopic (exact) mass is 396 g/mol. The summed E-state index contributed by atoms with van der Waals surface area (Å²) < 4.78 is 1.24. The zero-order chi connectivity index (χ0) is 19.9. The number of carbonyl (C=O) groups is 2. The van der Waals surface area contributed by atoms with Gasteiger partial charge in [-0.1, -0.05) is 54.2 Å². The van der Waals surface area contributed by atoms with E-state index in [4.69, 9.17) is 5.84 Å². The summed E-state index contributed by atoms with van der Waals surface area (Å²) in [5, 5.41) is 13.6. The van der Waals surface area contributed by atoms with E-state index < -0.39 is 0 Å². The highest BCUT2D eigenvalue weighted by Crippen LogP contribution is 2.19. The molecule has 4 N–H and O–H groups in total. The van der Waals surface area contributed by atoms with E-state index in [9.17, 15) is 9.59 Å². The van der Waals surface area contributed by atoms with Crippen LogP contribution in [0.5, 0.6) is 0 Å². The number of benzene rings is 2. The molecule has 0 aliphatic rings. The molecule has 0 fully saturated rings. The van der Waals surface area contributed by atoms with Crippen molar-refractivity contribution in [2.24, 2.45) is 0 Å². The molecule has 0 unspecified atom stereocenters. The van der Waals surface area contributed by atoms with Gasteiger partial charge in [-0.25, -0.2) is 4.68 Å². The lowest BCUT2D eigenvalue weighted by atomic mass is 10.1. The second kappa shape index (κ2) is 9.05. The number of nitrogens with two attached hydrogens (primary N) is 1. The number of nitrogens with one attached hydrogen (secondary N) is 2. The standard InChI is InChI=1S/C19H20N6O2S/c1-13(14-7-3-2-4-8-14)22-18(27)15-9-5-6-10-16(15)23-17(26)11-28-19-24-21-12-25(19)20/h2-10,12-13H,11,20H2,1H3,(H,22,27)(H,23,26)/t13-/m0/s1. The Bertz CT molecular complexity index is 960. The highest BCUT2D eigenvalue weighted by atomic mass is 32.2. The fourth-order valence-electron chi connectivity index (χ4n) is 2.54. The van der Waals surface area contributed by atoms with E-state index in [2.05, 4.69) is 20.8 Å². The van der Waals surface area contributed by atoms with Crippen molar-refractivity contribution in [3.63, 3.8) is 0 Å². The number of aromatic nitrogens is 3. The Morgan fingerprint density at radius 3 is 2.57 bits per heavy atom. The number of hydrogen-bond acceptors (Lipinski definition) is 6. The lowest BCUT2D eigenvalue weighted by Gasteiger charge is -2.16. The Hall–Kier alpha value is -3.33. The molecule has 0 saturated carbocycles. The van der Waals surface area contributed by atoms with E-state index in [0.29, 0.717) is 16.4 Å². The first-order valence-electron chi connectivity index (χ1n) is 8.57. The van der Waals surface area contributed by atoms with E-state index in [0.717, 1.165) is 17.3 Å². The first-order chi connectivity index (χ1) is 13.5. The van der Waals surface area contributed by atoms with E-state index in [1.807, 2.05) is 37.3 Å². The maximum atomic E-state index is 12.7. The van der Waals surface area contributed by atoms with Gasteiger partial charge in [0.2, 0.25) is 11.1 Å². The molecule has 3 aromatic rings. The van der Waals surface area contributed by atoms with Crippen molar-refractivity contribution in [1.82, 2.24) is 20.2 Å². The van der Waals surface area contributed by atoms with Crippen LogP contribution in [0.1, 0.15) is 28.9 Å². The van der Waals surface area contributed by atoms with Crippen LogP contribution in [-0.2, 0) is 4.79 Å². The Kier molecular flexibility index (Phi) is 6.28. The molecule has 2 amide bonds. The molecule has 2 aromatic carbocycles. The average molecular weight is 396 g/mol. The van der Waals surface area contributed by atoms with Crippen LogP contribution in [0, 0.1) is 0 Å². The van der Waals surface area contributed by atoms with Gasteiger partial charge in [-0.15, -0.1) is 10.2 Å². The summed E-state index contributed by atoms with van der Waals surface area (Å²) >= 11 is 1.16. The van der Waals surface area contributed by atoms with Crippen molar-refractivity contribution in [2.75, 3.05) is 16.9 Å². The zero-order valence-corrected chi connectivity index (χ0v) is 16.0. The number of nitrogen functional groups attached to an aromatic ring is 1. The third-order valence-corrected chi connectivity index (χ3v) is 4.92. The first-order valence-corrected chi connectivity index (χ1v) is 9.55. The molecule has 0 saturated heterocycles. The summed E-state index contributed by atoms with van der Waals surface area (Å²) in [5.41, 5.74) is 1.84. The smallest absolute Gasteiger partial charge is 0.253 e. The largest absolute Gasteiger partial charge is 0.345 e. The summed E-state index contributed by atoms with van der Waals surface area (Å²) in [6, 6.07) is 16.4.